The molecule has 0 aliphatic carbocycles. The van der Waals surface area contributed by atoms with Gasteiger partial charge in [-0.1, -0.05) is 30.3 Å². The number of nitro benzene ring substituents is 1. The van der Waals surface area contributed by atoms with Crippen LogP contribution in [-0.2, 0) is 16.0 Å². The number of nitrogens with one attached hydrogen (secondary N) is 2. The van der Waals surface area contributed by atoms with Crippen molar-refractivity contribution < 1.29 is 24.4 Å². The van der Waals surface area contributed by atoms with Crippen LogP contribution in [0.15, 0.2) is 54.6 Å². The van der Waals surface area contributed by atoms with Crippen molar-refractivity contribution in [3.05, 3.63) is 75.8 Å². The van der Waals surface area contributed by atoms with E-state index in [2.05, 4.69) is 10.6 Å². The highest BCUT2D eigenvalue weighted by atomic mass is 32.2. The van der Waals surface area contributed by atoms with Gasteiger partial charge in [0.05, 0.1) is 16.8 Å². The Morgan fingerprint density at radius 2 is 1.74 bits per heavy atom. The minimum absolute atomic E-state index is 0.147. The summed E-state index contributed by atoms with van der Waals surface area (Å²) in [5.41, 5.74) is 0.258. The third kappa shape index (κ3) is 7.11. The average Bonchev–Trinajstić information content (AvgIpc) is 3.17. The zero-order valence-electron chi connectivity index (χ0n) is 22.1. The molecule has 3 amide bonds. The molecule has 3 rings (SSSR count). The molecule has 1 fully saturated rings. The van der Waals surface area contributed by atoms with Crippen LogP contribution in [0.1, 0.15) is 50.5 Å². The predicted molar refractivity (Wildman–Crippen MR) is 146 cm³/mol. The van der Waals surface area contributed by atoms with Gasteiger partial charge in [0.2, 0.25) is 5.91 Å². The van der Waals surface area contributed by atoms with E-state index in [-0.39, 0.29) is 29.5 Å². The van der Waals surface area contributed by atoms with Gasteiger partial charge in [-0.05, 0) is 58.7 Å². The molecule has 0 aromatic heterocycles. The highest BCUT2D eigenvalue weighted by Crippen LogP contribution is 2.40. The minimum Gasteiger partial charge on any atom is -0.381 e. The second kappa shape index (κ2) is 11.5. The van der Waals surface area contributed by atoms with Crippen molar-refractivity contribution in [1.29, 1.82) is 0 Å². The monoisotopic (exact) mass is 542 g/mol. The third-order valence-corrected chi connectivity index (χ3v) is 7.54. The number of hydrogen-bond acceptors (Lipinski definition) is 7. The maximum atomic E-state index is 13.6. The van der Waals surface area contributed by atoms with Gasteiger partial charge in [0.1, 0.15) is 6.04 Å². The largest absolute Gasteiger partial charge is 0.381 e. The second-order valence-electron chi connectivity index (χ2n) is 10.8. The van der Waals surface area contributed by atoms with E-state index in [9.17, 15) is 29.6 Å². The summed E-state index contributed by atoms with van der Waals surface area (Å²) in [6, 6.07) is 12.3. The van der Waals surface area contributed by atoms with Crippen LogP contribution in [0.2, 0.25) is 0 Å². The molecule has 0 radical (unpaired) electrons. The maximum Gasteiger partial charge on any atom is 0.269 e. The van der Waals surface area contributed by atoms with Crippen LogP contribution < -0.4 is 10.6 Å². The van der Waals surface area contributed by atoms with Gasteiger partial charge in [-0.25, -0.2) is 0 Å². The van der Waals surface area contributed by atoms with Crippen LogP contribution in [0.4, 0.5) is 5.69 Å². The van der Waals surface area contributed by atoms with Crippen LogP contribution in [0.25, 0.3) is 0 Å². The Bertz CT molecular complexity index is 1180. The number of nitro groups is 1. The number of thioether (sulfide) groups is 1. The number of hydrogen-bond donors (Lipinski definition) is 3. The van der Waals surface area contributed by atoms with E-state index in [4.69, 9.17) is 0 Å². The van der Waals surface area contributed by atoms with Gasteiger partial charge < -0.3 is 20.6 Å². The predicted octanol–water partition coefficient (Wildman–Crippen LogP) is 2.89. The summed E-state index contributed by atoms with van der Waals surface area (Å²) >= 11 is 1.44. The van der Waals surface area contributed by atoms with Gasteiger partial charge in [0, 0.05) is 28.0 Å². The van der Waals surface area contributed by atoms with Crippen LogP contribution in [0.5, 0.6) is 0 Å². The van der Waals surface area contributed by atoms with Crippen LogP contribution in [0.3, 0.4) is 0 Å². The van der Waals surface area contributed by atoms with Gasteiger partial charge in [0.25, 0.3) is 17.5 Å². The Balaban J connectivity index is 1.86. The smallest absolute Gasteiger partial charge is 0.269 e. The van der Waals surface area contributed by atoms with Crippen LogP contribution in [-0.4, -0.2) is 67.0 Å². The van der Waals surface area contributed by atoms with Crippen LogP contribution >= 0.6 is 11.8 Å². The standard InChI is InChI=1S/C27H34N4O6S/c1-26(2,3)29-24(34)22-27(4,5)38-16-30(22)25(35)21(32)20(15-17-9-7-6-8-10-17)28-23(33)18-11-13-19(14-12-18)31(36)37/h6-14,20-22,32H,15-16H2,1-5H3,(H,28,33)(H,29,34)/t20-,21-,22+/m0/s1. The lowest BCUT2D eigenvalue weighted by Crippen LogP contribution is -2.60. The van der Waals surface area contributed by atoms with E-state index in [0.29, 0.717) is 0 Å². The Labute approximate surface area is 226 Å². The number of benzene rings is 2. The highest BCUT2D eigenvalue weighted by molar-refractivity contribution is 8.00. The van der Waals surface area contributed by atoms with Gasteiger partial charge in [-0.3, -0.25) is 24.5 Å². The van der Waals surface area contributed by atoms with Crippen LogP contribution in [0, 0.1) is 10.1 Å². The minimum atomic E-state index is -1.64. The summed E-state index contributed by atoms with van der Waals surface area (Å²) in [5, 5.41) is 27.9. The quantitative estimate of drug-likeness (QED) is 0.344. The number of aliphatic hydroxyl groups excluding tert-OH is 1. The van der Waals surface area contributed by atoms with Gasteiger partial charge in [0.15, 0.2) is 6.10 Å². The van der Waals surface area contributed by atoms with Crippen molar-refractivity contribution in [2.24, 2.45) is 0 Å². The lowest BCUT2D eigenvalue weighted by molar-refractivity contribution is -0.384. The van der Waals surface area contributed by atoms with Gasteiger partial charge in [-0.2, -0.15) is 0 Å². The van der Waals surface area contributed by atoms with Gasteiger partial charge >= 0.3 is 0 Å². The number of rotatable bonds is 8. The first-order valence-electron chi connectivity index (χ1n) is 12.2. The fraction of sp³-hybridized carbons (Fsp3) is 0.444. The Hall–Kier alpha value is -3.44. The molecule has 0 saturated carbocycles. The Morgan fingerprint density at radius 1 is 1.13 bits per heavy atom. The van der Waals surface area contributed by atoms with Crippen molar-refractivity contribution in [3.63, 3.8) is 0 Å². The fourth-order valence-electron chi connectivity index (χ4n) is 4.29. The molecule has 1 aliphatic heterocycles. The van der Waals surface area contributed by atoms with Crippen molar-refractivity contribution in [2.45, 2.75) is 69.5 Å². The zero-order valence-corrected chi connectivity index (χ0v) is 23.0. The van der Waals surface area contributed by atoms with E-state index in [1.165, 1.54) is 40.9 Å². The van der Waals surface area contributed by atoms with Crippen molar-refractivity contribution in [3.8, 4) is 0 Å². The summed E-state index contributed by atoms with van der Waals surface area (Å²) < 4.78 is -0.596. The Kier molecular flexibility index (Phi) is 8.83. The maximum absolute atomic E-state index is 13.6. The molecular weight excluding hydrogens is 508 g/mol. The SMILES string of the molecule is CC(C)(C)NC(=O)[C@H]1N(C(=O)[C@@H](O)[C@H](Cc2ccccc2)NC(=O)c2ccc([N+](=O)[O-])cc2)CSC1(C)C. The molecule has 3 N–H and O–H groups in total. The molecule has 11 heteroatoms. The molecule has 0 bridgehead atoms. The molecule has 1 saturated heterocycles. The molecule has 38 heavy (non-hydrogen) atoms. The molecule has 2 aromatic rings. The first-order valence-corrected chi connectivity index (χ1v) is 13.2. The molecule has 0 spiro atoms. The zero-order chi connectivity index (χ0) is 28.3. The lowest BCUT2D eigenvalue weighted by atomic mass is 9.96. The van der Waals surface area contributed by atoms with Crippen molar-refractivity contribution in [2.75, 3.05) is 5.88 Å². The highest BCUT2D eigenvalue weighted by Gasteiger charge is 2.50. The van der Waals surface area contributed by atoms with E-state index in [1.54, 1.807) is 0 Å². The molecule has 2 aromatic carbocycles. The molecule has 1 aliphatic rings. The summed E-state index contributed by atoms with van der Waals surface area (Å²) in [6.45, 7) is 9.31. The number of non-ortho nitro benzene ring substituents is 1. The summed E-state index contributed by atoms with van der Waals surface area (Å²) in [7, 11) is 0. The number of aliphatic hydroxyl groups is 1. The molecular formula is C27H34N4O6S. The number of amides is 3. The molecule has 1 heterocycles. The number of carbonyl (C=O) groups is 3. The van der Waals surface area contributed by atoms with Crippen molar-refractivity contribution >= 4 is 35.2 Å². The van der Waals surface area contributed by atoms with Crippen molar-refractivity contribution in [1.82, 2.24) is 15.5 Å². The van der Waals surface area contributed by atoms with E-state index < -0.39 is 45.2 Å². The number of nitrogens with zero attached hydrogens (tertiary/aromatic N) is 2. The fourth-order valence-corrected chi connectivity index (χ4v) is 5.43. The number of carbonyl (C=O) groups excluding carboxylic acids is 3. The first-order chi connectivity index (χ1) is 17.7. The normalized spacial score (nSPS) is 18.4. The molecule has 0 unspecified atom stereocenters. The third-order valence-electron chi connectivity index (χ3n) is 6.16. The lowest BCUT2D eigenvalue weighted by Gasteiger charge is -2.35. The Morgan fingerprint density at radius 3 is 2.29 bits per heavy atom. The van der Waals surface area contributed by atoms with E-state index in [0.717, 1.165) is 5.56 Å². The molecule has 204 valence electrons. The average molecular weight is 543 g/mol. The molecule has 10 nitrogen and oxygen atoms in total. The van der Waals surface area contributed by atoms with Gasteiger partial charge in [-0.15, -0.1) is 11.8 Å². The van der Waals surface area contributed by atoms with E-state index in [1.807, 2.05) is 65.0 Å². The molecule has 3 atom stereocenters. The topological polar surface area (TPSA) is 142 Å². The summed E-state index contributed by atoms with van der Waals surface area (Å²) in [4.78, 5) is 51.6. The van der Waals surface area contributed by atoms with E-state index >= 15 is 0 Å². The second-order valence-corrected chi connectivity index (χ2v) is 12.4. The summed E-state index contributed by atoms with van der Waals surface area (Å²) in [5.74, 6) is -1.37. The first kappa shape index (κ1) is 29.1. The summed E-state index contributed by atoms with van der Waals surface area (Å²) in [6.07, 6.45) is -1.49.